The second-order valence-electron chi connectivity index (χ2n) is 4.22. The van der Waals surface area contributed by atoms with Gasteiger partial charge in [0, 0.05) is 10.6 Å². The summed E-state index contributed by atoms with van der Waals surface area (Å²) < 4.78 is 4.93. The van der Waals surface area contributed by atoms with Crippen LogP contribution in [-0.2, 0) is 9.53 Å². The van der Waals surface area contributed by atoms with Crippen LogP contribution in [0.5, 0.6) is 0 Å². The Hall–Kier alpha value is -2.65. The lowest BCUT2D eigenvalue weighted by Gasteiger charge is -2.05. The molecular weight excluding hydrogens is 288 g/mol. The zero-order chi connectivity index (χ0) is 15.2. The van der Waals surface area contributed by atoms with Crippen molar-refractivity contribution in [1.82, 2.24) is 0 Å². The third-order valence-electron chi connectivity index (χ3n) is 2.57. The van der Waals surface area contributed by atoms with Crippen LogP contribution in [0, 0.1) is 18.3 Å². The number of aryl methyl sites for hydroxylation is 1. The fourth-order valence-electron chi connectivity index (χ4n) is 1.57. The van der Waals surface area contributed by atoms with Gasteiger partial charge in [-0.15, -0.1) is 11.3 Å². The van der Waals surface area contributed by atoms with Crippen molar-refractivity contribution in [2.45, 2.75) is 6.92 Å². The minimum absolute atomic E-state index is 0.351. The van der Waals surface area contributed by atoms with Gasteiger partial charge in [-0.25, -0.2) is 4.79 Å². The van der Waals surface area contributed by atoms with Gasteiger partial charge in [0.05, 0.1) is 11.6 Å². The summed E-state index contributed by atoms with van der Waals surface area (Å²) in [7, 11) is 0. The van der Waals surface area contributed by atoms with Crippen LogP contribution in [0.1, 0.15) is 20.1 Å². The van der Waals surface area contributed by atoms with Crippen molar-refractivity contribution in [1.29, 1.82) is 5.26 Å². The number of esters is 1. The van der Waals surface area contributed by atoms with Crippen molar-refractivity contribution in [2.75, 3.05) is 11.9 Å². The quantitative estimate of drug-likeness (QED) is 0.880. The average molecular weight is 300 g/mol. The van der Waals surface area contributed by atoms with Gasteiger partial charge in [-0.05, 0) is 43.3 Å². The molecule has 1 aromatic carbocycles. The SMILES string of the molecule is Cc1ccc(C(=O)OCC(=O)Nc2ccc(C#N)cc2)s1. The molecule has 0 spiro atoms. The summed E-state index contributed by atoms with van der Waals surface area (Å²) in [6, 6.07) is 11.9. The van der Waals surface area contributed by atoms with E-state index in [1.807, 2.05) is 19.1 Å². The number of carbonyl (C=O) groups is 2. The first-order valence-corrected chi connectivity index (χ1v) is 6.94. The highest BCUT2D eigenvalue weighted by Gasteiger charge is 2.12. The first-order chi connectivity index (χ1) is 10.1. The molecule has 0 atom stereocenters. The zero-order valence-corrected chi connectivity index (χ0v) is 12.1. The van der Waals surface area contributed by atoms with Crippen LogP contribution in [0.2, 0.25) is 0 Å². The van der Waals surface area contributed by atoms with E-state index in [4.69, 9.17) is 10.00 Å². The number of nitriles is 1. The van der Waals surface area contributed by atoms with Gasteiger partial charge in [0.25, 0.3) is 5.91 Å². The van der Waals surface area contributed by atoms with E-state index in [2.05, 4.69) is 5.32 Å². The Morgan fingerprint density at radius 2 is 1.95 bits per heavy atom. The second-order valence-corrected chi connectivity index (χ2v) is 5.51. The van der Waals surface area contributed by atoms with Crippen molar-refractivity contribution < 1.29 is 14.3 Å². The summed E-state index contributed by atoms with van der Waals surface area (Å²) in [6.45, 7) is 1.54. The first-order valence-electron chi connectivity index (χ1n) is 6.12. The maximum absolute atomic E-state index is 11.7. The average Bonchev–Trinajstić information content (AvgIpc) is 2.92. The van der Waals surface area contributed by atoms with Gasteiger partial charge in [-0.3, -0.25) is 4.79 Å². The molecule has 0 saturated carbocycles. The summed E-state index contributed by atoms with van der Waals surface area (Å²) in [6.07, 6.45) is 0. The van der Waals surface area contributed by atoms with Gasteiger partial charge < -0.3 is 10.1 Å². The molecule has 106 valence electrons. The Labute approximate surface area is 125 Å². The van der Waals surface area contributed by atoms with E-state index >= 15 is 0 Å². The minimum atomic E-state index is -0.511. The number of benzene rings is 1. The van der Waals surface area contributed by atoms with E-state index in [1.165, 1.54) is 11.3 Å². The maximum atomic E-state index is 11.7. The van der Waals surface area contributed by atoms with E-state index in [1.54, 1.807) is 30.3 Å². The Bertz CT molecular complexity index is 698. The summed E-state index contributed by atoms with van der Waals surface area (Å²) in [5, 5.41) is 11.3. The lowest BCUT2D eigenvalue weighted by molar-refractivity contribution is -0.119. The molecule has 1 aromatic heterocycles. The van der Waals surface area contributed by atoms with Crippen molar-refractivity contribution in [3.8, 4) is 6.07 Å². The van der Waals surface area contributed by atoms with Crippen LogP contribution < -0.4 is 5.32 Å². The molecule has 0 fully saturated rings. The second kappa shape index (κ2) is 6.68. The Balaban J connectivity index is 1.84. The fourth-order valence-corrected chi connectivity index (χ4v) is 2.33. The van der Waals surface area contributed by atoms with Crippen molar-refractivity contribution in [3.05, 3.63) is 51.7 Å². The molecule has 1 heterocycles. The molecule has 6 heteroatoms. The van der Waals surface area contributed by atoms with E-state index in [9.17, 15) is 9.59 Å². The van der Waals surface area contributed by atoms with Crippen molar-refractivity contribution in [3.63, 3.8) is 0 Å². The number of nitrogens with zero attached hydrogens (tertiary/aromatic N) is 1. The van der Waals surface area contributed by atoms with E-state index in [0.717, 1.165) is 4.88 Å². The molecule has 5 nitrogen and oxygen atoms in total. The first kappa shape index (κ1) is 14.8. The standard InChI is InChI=1S/C15H12N2O3S/c1-10-2-7-13(21-10)15(19)20-9-14(18)17-12-5-3-11(8-16)4-6-12/h2-7H,9H2,1H3,(H,17,18). The lowest BCUT2D eigenvalue weighted by atomic mass is 10.2. The molecule has 0 bridgehead atoms. The van der Waals surface area contributed by atoms with Gasteiger partial charge in [0.15, 0.2) is 6.61 Å². The van der Waals surface area contributed by atoms with Gasteiger partial charge in [0.1, 0.15) is 4.88 Å². The van der Waals surface area contributed by atoms with Crippen LogP contribution in [0.4, 0.5) is 5.69 Å². The molecule has 2 rings (SSSR count). The lowest BCUT2D eigenvalue weighted by Crippen LogP contribution is -2.20. The van der Waals surface area contributed by atoms with Crippen LogP contribution in [-0.4, -0.2) is 18.5 Å². The smallest absolute Gasteiger partial charge is 0.348 e. The van der Waals surface area contributed by atoms with Crippen LogP contribution in [0.25, 0.3) is 0 Å². The molecule has 0 aliphatic carbocycles. The molecule has 21 heavy (non-hydrogen) atoms. The fraction of sp³-hybridized carbons (Fsp3) is 0.133. The molecule has 0 saturated heterocycles. The number of thiophene rings is 1. The normalized spacial score (nSPS) is 9.71. The highest BCUT2D eigenvalue weighted by Crippen LogP contribution is 2.16. The molecule has 0 aliphatic heterocycles. The zero-order valence-electron chi connectivity index (χ0n) is 11.3. The summed E-state index contributed by atoms with van der Waals surface area (Å²) in [5.41, 5.74) is 1.05. The third-order valence-corrected chi connectivity index (χ3v) is 3.55. The van der Waals surface area contributed by atoms with Crippen molar-refractivity contribution >= 4 is 28.9 Å². The predicted octanol–water partition coefficient (Wildman–Crippen LogP) is 2.72. The molecular formula is C15H12N2O3S. The van der Waals surface area contributed by atoms with Crippen LogP contribution in [0.15, 0.2) is 36.4 Å². The number of rotatable bonds is 4. The number of amides is 1. The molecule has 0 aliphatic rings. The summed E-state index contributed by atoms with van der Waals surface area (Å²) in [5.74, 6) is -0.940. The topological polar surface area (TPSA) is 79.2 Å². The minimum Gasteiger partial charge on any atom is -0.451 e. The predicted molar refractivity (Wildman–Crippen MR) is 79.1 cm³/mol. The van der Waals surface area contributed by atoms with E-state index in [-0.39, 0.29) is 6.61 Å². The molecule has 1 N–H and O–H groups in total. The molecule has 0 radical (unpaired) electrons. The Morgan fingerprint density at radius 1 is 1.24 bits per heavy atom. The maximum Gasteiger partial charge on any atom is 0.348 e. The highest BCUT2D eigenvalue weighted by atomic mass is 32.1. The van der Waals surface area contributed by atoms with Crippen molar-refractivity contribution in [2.24, 2.45) is 0 Å². The number of carbonyl (C=O) groups excluding carboxylic acids is 2. The van der Waals surface area contributed by atoms with Gasteiger partial charge in [-0.2, -0.15) is 5.26 Å². The number of nitrogens with one attached hydrogen (secondary N) is 1. The molecule has 1 amide bonds. The number of hydrogen-bond donors (Lipinski definition) is 1. The largest absolute Gasteiger partial charge is 0.451 e. The van der Waals surface area contributed by atoms with E-state index < -0.39 is 11.9 Å². The molecule has 0 unspecified atom stereocenters. The van der Waals surface area contributed by atoms with Gasteiger partial charge in [0.2, 0.25) is 0 Å². The van der Waals surface area contributed by atoms with Gasteiger partial charge >= 0.3 is 5.97 Å². The number of ether oxygens (including phenoxy) is 1. The summed E-state index contributed by atoms with van der Waals surface area (Å²) in [4.78, 5) is 24.8. The summed E-state index contributed by atoms with van der Waals surface area (Å²) >= 11 is 1.32. The third kappa shape index (κ3) is 4.16. The highest BCUT2D eigenvalue weighted by molar-refractivity contribution is 7.13. The number of anilines is 1. The van der Waals surface area contributed by atoms with Crippen LogP contribution >= 0.6 is 11.3 Å². The van der Waals surface area contributed by atoms with E-state index in [0.29, 0.717) is 16.1 Å². The number of hydrogen-bond acceptors (Lipinski definition) is 5. The van der Waals surface area contributed by atoms with Gasteiger partial charge in [-0.1, -0.05) is 0 Å². The van der Waals surface area contributed by atoms with Crippen LogP contribution in [0.3, 0.4) is 0 Å². The molecule has 2 aromatic rings. The monoisotopic (exact) mass is 300 g/mol. The Morgan fingerprint density at radius 3 is 2.52 bits per heavy atom. The Kier molecular flexibility index (Phi) is 4.69.